The molecule has 2 heterocycles. The summed E-state index contributed by atoms with van der Waals surface area (Å²) in [5.41, 5.74) is 4.92. The monoisotopic (exact) mass is 376 g/mol. The Morgan fingerprint density at radius 3 is 2.81 bits per heavy atom. The summed E-state index contributed by atoms with van der Waals surface area (Å²) in [6.07, 6.45) is 2.78. The number of hydrogen-bond acceptors (Lipinski definition) is 4. The number of H-pyrrole nitrogens is 1. The number of amides is 1. The maximum absolute atomic E-state index is 12.3. The first-order chi connectivity index (χ1) is 13.2. The van der Waals surface area contributed by atoms with Gasteiger partial charge in [-0.3, -0.25) is 4.79 Å². The number of nitrogens with one attached hydrogen (secondary N) is 3. The number of rotatable bonds is 6. The second kappa shape index (κ2) is 7.63. The molecule has 0 fully saturated rings. The molecule has 0 unspecified atom stereocenters. The lowest BCUT2D eigenvalue weighted by Crippen LogP contribution is -2.25. The molecule has 4 rings (SSSR count). The number of thiazole rings is 1. The molecule has 5 nitrogen and oxygen atoms in total. The van der Waals surface area contributed by atoms with Gasteiger partial charge in [0.25, 0.3) is 5.91 Å². The van der Waals surface area contributed by atoms with Gasteiger partial charge in [-0.05, 0) is 37.1 Å². The number of benzene rings is 2. The van der Waals surface area contributed by atoms with Crippen molar-refractivity contribution < 1.29 is 4.79 Å². The van der Waals surface area contributed by atoms with Crippen molar-refractivity contribution in [2.45, 2.75) is 13.3 Å². The molecule has 0 aliphatic heterocycles. The number of carbonyl (C=O) groups is 1. The molecule has 0 aliphatic rings. The van der Waals surface area contributed by atoms with E-state index in [0.29, 0.717) is 17.4 Å². The molecule has 1 amide bonds. The van der Waals surface area contributed by atoms with Crippen LogP contribution in [0.1, 0.15) is 21.6 Å². The van der Waals surface area contributed by atoms with E-state index in [1.54, 1.807) is 5.38 Å². The van der Waals surface area contributed by atoms with E-state index in [2.05, 4.69) is 32.7 Å². The van der Waals surface area contributed by atoms with Crippen LogP contribution in [0.25, 0.3) is 10.9 Å². The van der Waals surface area contributed by atoms with Crippen LogP contribution < -0.4 is 10.6 Å². The van der Waals surface area contributed by atoms with Crippen LogP contribution in [0, 0.1) is 6.92 Å². The quantitative estimate of drug-likeness (QED) is 0.459. The molecule has 0 saturated carbocycles. The van der Waals surface area contributed by atoms with Crippen molar-refractivity contribution in [3.8, 4) is 0 Å². The largest absolute Gasteiger partial charge is 0.361 e. The Kier molecular flexibility index (Phi) is 4.89. The first-order valence-electron chi connectivity index (χ1n) is 8.81. The van der Waals surface area contributed by atoms with Crippen LogP contribution in [0.4, 0.5) is 10.8 Å². The molecule has 0 atom stereocenters. The number of carbonyl (C=O) groups excluding carboxylic acids is 1. The summed E-state index contributed by atoms with van der Waals surface area (Å²) < 4.78 is 0. The minimum Gasteiger partial charge on any atom is -0.361 e. The van der Waals surface area contributed by atoms with Crippen molar-refractivity contribution in [3.05, 3.63) is 76.9 Å². The van der Waals surface area contributed by atoms with E-state index in [0.717, 1.165) is 17.6 Å². The van der Waals surface area contributed by atoms with Gasteiger partial charge in [0.2, 0.25) is 0 Å². The van der Waals surface area contributed by atoms with Crippen LogP contribution in [0.5, 0.6) is 0 Å². The average Bonchev–Trinajstić information content (AvgIpc) is 3.31. The fourth-order valence-electron chi connectivity index (χ4n) is 2.94. The lowest BCUT2D eigenvalue weighted by molar-refractivity contribution is 0.0950. The predicted molar refractivity (Wildman–Crippen MR) is 111 cm³/mol. The summed E-state index contributed by atoms with van der Waals surface area (Å²) in [4.78, 5) is 20.0. The van der Waals surface area contributed by atoms with E-state index >= 15 is 0 Å². The molecular formula is C21H20N4OS. The number of aromatic amines is 1. The van der Waals surface area contributed by atoms with Gasteiger partial charge in [-0.1, -0.05) is 35.9 Å². The van der Waals surface area contributed by atoms with Crippen molar-refractivity contribution in [3.63, 3.8) is 0 Å². The van der Waals surface area contributed by atoms with Crippen LogP contribution >= 0.6 is 11.3 Å². The maximum atomic E-state index is 12.3. The third-order valence-corrected chi connectivity index (χ3v) is 5.15. The van der Waals surface area contributed by atoms with Gasteiger partial charge in [0.05, 0.1) is 0 Å². The summed E-state index contributed by atoms with van der Waals surface area (Å²) in [6, 6.07) is 16.2. The number of para-hydroxylation sites is 1. The third kappa shape index (κ3) is 4.01. The van der Waals surface area contributed by atoms with Crippen molar-refractivity contribution in [1.82, 2.24) is 15.3 Å². The maximum Gasteiger partial charge on any atom is 0.270 e. The van der Waals surface area contributed by atoms with E-state index in [9.17, 15) is 4.79 Å². The molecule has 2 aromatic heterocycles. The fraction of sp³-hybridized carbons (Fsp3) is 0.143. The van der Waals surface area contributed by atoms with E-state index in [4.69, 9.17) is 0 Å². The van der Waals surface area contributed by atoms with Gasteiger partial charge in [0.1, 0.15) is 5.69 Å². The highest BCUT2D eigenvalue weighted by Crippen LogP contribution is 2.21. The Morgan fingerprint density at radius 2 is 1.96 bits per heavy atom. The SMILES string of the molecule is Cc1ccc(Nc2nc(C(=O)NCCc3c[nH]c4ccccc34)cs2)cc1. The Bertz CT molecular complexity index is 1070. The number of anilines is 2. The van der Waals surface area contributed by atoms with Crippen molar-refractivity contribution in [1.29, 1.82) is 0 Å². The van der Waals surface area contributed by atoms with E-state index < -0.39 is 0 Å². The molecular weight excluding hydrogens is 356 g/mol. The fourth-order valence-corrected chi connectivity index (χ4v) is 3.65. The summed E-state index contributed by atoms with van der Waals surface area (Å²) >= 11 is 1.42. The van der Waals surface area contributed by atoms with Gasteiger partial charge in [0.15, 0.2) is 5.13 Å². The smallest absolute Gasteiger partial charge is 0.270 e. The molecule has 6 heteroatoms. The molecule has 0 radical (unpaired) electrons. The van der Waals surface area contributed by atoms with Gasteiger partial charge >= 0.3 is 0 Å². The Balaban J connectivity index is 1.33. The summed E-state index contributed by atoms with van der Waals surface area (Å²) in [6.45, 7) is 2.62. The zero-order chi connectivity index (χ0) is 18.6. The van der Waals surface area contributed by atoms with Crippen molar-refractivity contribution >= 4 is 39.0 Å². The Morgan fingerprint density at radius 1 is 1.15 bits per heavy atom. The number of fused-ring (bicyclic) bond motifs is 1. The van der Waals surface area contributed by atoms with Crippen LogP contribution in [-0.4, -0.2) is 22.4 Å². The molecule has 0 spiro atoms. The minimum absolute atomic E-state index is 0.150. The second-order valence-corrected chi connectivity index (χ2v) is 7.25. The number of aromatic nitrogens is 2. The molecule has 0 saturated heterocycles. The standard InChI is InChI=1S/C21H20N4OS/c1-14-6-8-16(9-7-14)24-21-25-19(13-27-21)20(26)22-11-10-15-12-23-18-5-3-2-4-17(15)18/h2-9,12-13,23H,10-11H2,1H3,(H,22,26)(H,24,25). The van der Waals surface area contributed by atoms with Gasteiger partial charge < -0.3 is 15.6 Å². The topological polar surface area (TPSA) is 69.8 Å². The lowest BCUT2D eigenvalue weighted by atomic mass is 10.1. The molecule has 2 aromatic carbocycles. The third-order valence-electron chi connectivity index (χ3n) is 4.39. The summed E-state index contributed by atoms with van der Waals surface area (Å²) in [5.74, 6) is -0.150. The van der Waals surface area contributed by atoms with Crippen LogP contribution in [0.3, 0.4) is 0 Å². The molecule has 27 heavy (non-hydrogen) atoms. The molecule has 0 bridgehead atoms. The normalized spacial score (nSPS) is 10.9. The second-order valence-electron chi connectivity index (χ2n) is 6.39. The first-order valence-corrected chi connectivity index (χ1v) is 9.69. The highest BCUT2D eigenvalue weighted by atomic mass is 32.1. The van der Waals surface area contributed by atoms with E-state index in [1.807, 2.05) is 49.5 Å². The molecule has 3 N–H and O–H groups in total. The van der Waals surface area contributed by atoms with Crippen molar-refractivity contribution in [2.75, 3.05) is 11.9 Å². The minimum atomic E-state index is -0.150. The number of nitrogens with zero attached hydrogens (tertiary/aromatic N) is 1. The van der Waals surface area contributed by atoms with Crippen molar-refractivity contribution in [2.24, 2.45) is 0 Å². The average molecular weight is 376 g/mol. The number of hydrogen-bond donors (Lipinski definition) is 3. The van der Waals surface area contributed by atoms with Gasteiger partial charge in [-0.2, -0.15) is 0 Å². The molecule has 136 valence electrons. The molecule has 4 aromatic rings. The first kappa shape index (κ1) is 17.3. The number of aryl methyl sites for hydroxylation is 1. The Hall–Kier alpha value is -3.12. The summed E-state index contributed by atoms with van der Waals surface area (Å²) in [7, 11) is 0. The predicted octanol–water partition coefficient (Wildman–Crippen LogP) is 4.65. The zero-order valence-electron chi connectivity index (χ0n) is 15.0. The lowest BCUT2D eigenvalue weighted by Gasteiger charge is -2.03. The van der Waals surface area contributed by atoms with Gasteiger partial charge in [-0.25, -0.2) is 4.98 Å². The highest BCUT2D eigenvalue weighted by molar-refractivity contribution is 7.14. The Labute approximate surface area is 161 Å². The zero-order valence-corrected chi connectivity index (χ0v) is 15.8. The van der Waals surface area contributed by atoms with Crippen LogP contribution in [-0.2, 0) is 6.42 Å². The van der Waals surface area contributed by atoms with Crippen LogP contribution in [0.15, 0.2) is 60.1 Å². The van der Waals surface area contributed by atoms with E-state index in [-0.39, 0.29) is 5.91 Å². The van der Waals surface area contributed by atoms with Crippen LogP contribution in [0.2, 0.25) is 0 Å². The van der Waals surface area contributed by atoms with Gasteiger partial charge in [0, 0.05) is 34.7 Å². The van der Waals surface area contributed by atoms with E-state index in [1.165, 1.54) is 27.8 Å². The summed E-state index contributed by atoms with van der Waals surface area (Å²) in [5, 5.41) is 9.86. The highest BCUT2D eigenvalue weighted by Gasteiger charge is 2.11. The van der Waals surface area contributed by atoms with Gasteiger partial charge in [-0.15, -0.1) is 11.3 Å². The molecule has 0 aliphatic carbocycles.